The first-order valence-electron chi connectivity index (χ1n) is 8.87. The van der Waals surface area contributed by atoms with Crippen LogP contribution in [0.5, 0.6) is 0 Å². The second-order valence-corrected chi connectivity index (χ2v) is 7.28. The first kappa shape index (κ1) is 19.9. The molecule has 1 aromatic heterocycles. The molecule has 9 heteroatoms. The van der Waals surface area contributed by atoms with E-state index in [2.05, 4.69) is 16.5 Å². The zero-order valence-electron chi connectivity index (χ0n) is 15.4. The van der Waals surface area contributed by atoms with E-state index >= 15 is 0 Å². The number of amides is 1. The van der Waals surface area contributed by atoms with Crippen molar-refractivity contribution < 1.29 is 9.18 Å². The normalized spacial score (nSPS) is 14.2. The molecule has 0 saturated carbocycles. The van der Waals surface area contributed by atoms with Crippen molar-refractivity contribution in [3.63, 3.8) is 0 Å². The Morgan fingerprint density at radius 1 is 1.25 bits per heavy atom. The van der Waals surface area contributed by atoms with Crippen LogP contribution in [0.4, 0.5) is 15.9 Å². The Balaban J connectivity index is 1.57. The van der Waals surface area contributed by atoms with Crippen molar-refractivity contribution in [1.29, 1.82) is 0 Å². The summed E-state index contributed by atoms with van der Waals surface area (Å²) in [7, 11) is 0. The molecule has 2 aromatic rings. The number of carbonyl (C=O) groups is 1. The number of hydrogen-bond acceptors (Lipinski definition) is 6. The quantitative estimate of drug-likeness (QED) is 0.448. The number of allylic oxidation sites excluding steroid dienone is 1. The minimum Gasteiger partial charge on any atom is -0.385 e. The first-order valence-corrected chi connectivity index (χ1v) is 9.86. The van der Waals surface area contributed by atoms with Crippen molar-refractivity contribution in [2.75, 3.05) is 42.6 Å². The summed E-state index contributed by atoms with van der Waals surface area (Å²) in [6.45, 7) is 6.61. The smallest absolute Gasteiger partial charge is 0.275 e. The molecule has 0 radical (unpaired) electrons. The number of nitrogens with zero attached hydrogens (tertiary/aromatic N) is 4. The Morgan fingerprint density at radius 2 is 1.93 bits per heavy atom. The Hall–Kier alpha value is -2.81. The summed E-state index contributed by atoms with van der Waals surface area (Å²) >= 11 is 1.19. The van der Waals surface area contributed by atoms with Gasteiger partial charge in [0.15, 0.2) is 5.16 Å². The Labute approximate surface area is 166 Å². The highest BCUT2D eigenvalue weighted by Gasteiger charge is 2.22. The molecule has 1 amide bonds. The third-order valence-corrected chi connectivity index (χ3v) is 5.44. The number of thioether (sulfide) groups is 1. The van der Waals surface area contributed by atoms with Crippen LogP contribution in [0, 0.1) is 5.82 Å². The number of benzene rings is 1. The van der Waals surface area contributed by atoms with E-state index < -0.39 is 5.56 Å². The largest absolute Gasteiger partial charge is 0.385 e. The summed E-state index contributed by atoms with van der Waals surface area (Å²) in [6.07, 6.45) is 1.66. The molecular weight excluding hydrogens is 381 g/mol. The highest BCUT2D eigenvalue weighted by atomic mass is 32.2. The van der Waals surface area contributed by atoms with Crippen LogP contribution in [0.3, 0.4) is 0 Å². The second kappa shape index (κ2) is 8.92. The molecule has 1 aliphatic rings. The molecule has 0 atom stereocenters. The Morgan fingerprint density at radius 3 is 2.57 bits per heavy atom. The predicted molar refractivity (Wildman–Crippen MR) is 109 cm³/mol. The van der Waals surface area contributed by atoms with Crippen molar-refractivity contribution in [3.8, 4) is 0 Å². The van der Waals surface area contributed by atoms with Crippen LogP contribution in [0.25, 0.3) is 0 Å². The van der Waals surface area contributed by atoms with Gasteiger partial charge in [0.25, 0.3) is 5.56 Å². The minimum absolute atomic E-state index is 0.0226. The molecule has 3 rings (SSSR count). The zero-order valence-corrected chi connectivity index (χ0v) is 16.2. The molecule has 1 aliphatic heterocycles. The molecule has 1 aromatic carbocycles. The molecule has 1 fully saturated rings. The van der Waals surface area contributed by atoms with Crippen LogP contribution in [0.1, 0.15) is 0 Å². The number of nitrogens with two attached hydrogens (primary N) is 1. The van der Waals surface area contributed by atoms with Crippen molar-refractivity contribution in [2.45, 2.75) is 11.7 Å². The van der Waals surface area contributed by atoms with Crippen molar-refractivity contribution in [2.24, 2.45) is 0 Å². The van der Waals surface area contributed by atoms with E-state index in [1.54, 1.807) is 27.7 Å². The Bertz CT molecular complexity index is 908. The summed E-state index contributed by atoms with van der Waals surface area (Å²) in [5, 5.41) is 0.406. The van der Waals surface area contributed by atoms with E-state index in [0.717, 1.165) is 5.69 Å². The van der Waals surface area contributed by atoms with E-state index in [9.17, 15) is 14.0 Å². The summed E-state index contributed by atoms with van der Waals surface area (Å²) in [5.41, 5.74) is 6.39. The molecule has 2 N–H and O–H groups in total. The van der Waals surface area contributed by atoms with Crippen LogP contribution in [-0.2, 0) is 11.3 Å². The number of nitrogen functional groups attached to an aromatic ring is 1. The summed E-state index contributed by atoms with van der Waals surface area (Å²) in [4.78, 5) is 32.1. The average molecular weight is 403 g/mol. The molecule has 0 spiro atoms. The van der Waals surface area contributed by atoms with Crippen molar-refractivity contribution >= 4 is 29.2 Å². The first-order chi connectivity index (χ1) is 13.5. The van der Waals surface area contributed by atoms with Gasteiger partial charge in [0.05, 0.1) is 5.75 Å². The van der Waals surface area contributed by atoms with Gasteiger partial charge in [-0.3, -0.25) is 9.59 Å². The number of aromatic nitrogens is 2. The van der Waals surface area contributed by atoms with E-state index in [0.29, 0.717) is 43.7 Å². The van der Waals surface area contributed by atoms with Crippen LogP contribution >= 0.6 is 11.8 Å². The molecular formula is C19H22FN5O2S. The molecule has 28 heavy (non-hydrogen) atoms. The van der Waals surface area contributed by atoms with Gasteiger partial charge in [0, 0.05) is 44.5 Å². The SMILES string of the molecule is C=CCn1c(N)cc(=O)nc1SCC(=O)N1CCN(c2ccc(F)cc2)CC1. The van der Waals surface area contributed by atoms with Crippen LogP contribution in [-0.4, -0.2) is 52.3 Å². The number of anilines is 2. The van der Waals surface area contributed by atoms with Gasteiger partial charge in [-0.25, -0.2) is 4.39 Å². The van der Waals surface area contributed by atoms with Crippen molar-refractivity contribution in [1.82, 2.24) is 14.5 Å². The molecule has 7 nitrogen and oxygen atoms in total. The maximum Gasteiger partial charge on any atom is 0.275 e. The van der Waals surface area contributed by atoms with Crippen LogP contribution < -0.4 is 16.2 Å². The summed E-state index contributed by atoms with van der Waals surface area (Å²) in [6, 6.07) is 7.61. The standard InChI is InChI=1S/C19H22FN5O2S/c1-2-7-25-16(21)12-17(26)22-19(25)28-13-18(27)24-10-8-23(9-11-24)15-5-3-14(20)4-6-15/h2-6,12H,1,7-11,13,21H2. The topological polar surface area (TPSA) is 84.5 Å². The maximum absolute atomic E-state index is 13.1. The molecule has 148 valence electrons. The van der Waals surface area contributed by atoms with Gasteiger partial charge in [-0.15, -0.1) is 6.58 Å². The van der Waals surface area contributed by atoms with Crippen molar-refractivity contribution in [3.05, 3.63) is 59.2 Å². The van der Waals surface area contributed by atoms with E-state index in [1.807, 2.05) is 0 Å². The Kier molecular flexibility index (Phi) is 6.35. The highest BCUT2D eigenvalue weighted by molar-refractivity contribution is 7.99. The third-order valence-electron chi connectivity index (χ3n) is 4.48. The van der Waals surface area contributed by atoms with E-state index in [-0.39, 0.29) is 17.5 Å². The molecule has 0 bridgehead atoms. The molecule has 1 saturated heterocycles. The molecule has 2 heterocycles. The number of rotatable bonds is 6. The van der Waals surface area contributed by atoms with Gasteiger partial charge in [-0.05, 0) is 24.3 Å². The number of piperazine rings is 1. The highest BCUT2D eigenvalue weighted by Crippen LogP contribution is 2.20. The lowest BCUT2D eigenvalue weighted by Crippen LogP contribution is -2.49. The summed E-state index contributed by atoms with van der Waals surface area (Å²) in [5.74, 6) is 0.178. The van der Waals surface area contributed by atoms with Gasteiger partial charge >= 0.3 is 0 Å². The fraction of sp³-hybridized carbons (Fsp3) is 0.316. The van der Waals surface area contributed by atoms with Gasteiger partial charge in [-0.1, -0.05) is 17.8 Å². The number of halogens is 1. The average Bonchev–Trinajstić information content (AvgIpc) is 2.69. The predicted octanol–water partition coefficient (Wildman–Crippen LogP) is 1.59. The molecule has 0 aliphatic carbocycles. The minimum atomic E-state index is -0.430. The maximum atomic E-state index is 13.1. The number of carbonyl (C=O) groups excluding carboxylic acids is 1. The van der Waals surface area contributed by atoms with Gasteiger partial charge in [0.1, 0.15) is 11.6 Å². The lowest BCUT2D eigenvalue weighted by Gasteiger charge is -2.36. The monoisotopic (exact) mass is 403 g/mol. The lowest BCUT2D eigenvalue weighted by atomic mass is 10.2. The van der Waals surface area contributed by atoms with Crippen LogP contribution in [0.2, 0.25) is 0 Å². The summed E-state index contributed by atoms with van der Waals surface area (Å²) < 4.78 is 14.7. The number of hydrogen-bond donors (Lipinski definition) is 1. The fourth-order valence-electron chi connectivity index (χ4n) is 3.01. The lowest BCUT2D eigenvalue weighted by molar-refractivity contribution is -0.128. The van der Waals surface area contributed by atoms with Gasteiger partial charge in [-0.2, -0.15) is 4.98 Å². The van der Waals surface area contributed by atoms with E-state index in [4.69, 9.17) is 5.73 Å². The third kappa shape index (κ3) is 4.72. The molecule has 0 unspecified atom stereocenters. The van der Waals surface area contributed by atoms with Crippen LogP contribution in [0.15, 0.2) is 52.9 Å². The zero-order chi connectivity index (χ0) is 20.1. The van der Waals surface area contributed by atoms with Gasteiger partial charge in [0.2, 0.25) is 5.91 Å². The van der Waals surface area contributed by atoms with E-state index in [1.165, 1.54) is 30.0 Å². The fourth-order valence-corrected chi connectivity index (χ4v) is 3.93. The second-order valence-electron chi connectivity index (χ2n) is 6.33. The van der Waals surface area contributed by atoms with Gasteiger partial charge < -0.3 is 20.1 Å².